The summed E-state index contributed by atoms with van der Waals surface area (Å²) in [5.74, 6) is 1.43. The second-order valence-corrected chi connectivity index (χ2v) is 8.33. The molecule has 6 nitrogen and oxygen atoms in total. The summed E-state index contributed by atoms with van der Waals surface area (Å²) in [6.45, 7) is 0.876. The highest BCUT2D eigenvalue weighted by molar-refractivity contribution is 5.96. The lowest BCUT2D eigenvalue weighted by Crippen LogP contribution is -2.45. The van der Waals surface area contributed by atoms with Crippen molar-refractivity contribution in [1.82, 2.24) is 9.80 Å². The third-order valence-corrected chi connectivity index (χ3v) is 6.84. The fourth-order valence-electron chi connectivity index (χ4n) is 5.53. The van der Waals surface area contributed by atoms with Crippen LogP contribution in [-0.4, -0.2) is 53.1 Å². The number of carbonyl (C=O) groups excluding carboxylic acids is 2. The number of amides is 2. The molecule has 1 aliphatic carbocycles. The summed E-state index contributed by atoms with van der Waals surface area (Å²) >= 11 is 0. The second kappa shape index (κ2) is 6.24. The molecule has 2 fully saturated rings. The largest absolute Gasteiger partial charge is 0.454 e. The fraction of sp³-hybridized carbons (Fsp3) is 0.391. The maximum absolute atomic E-state index is 13.2. The van der Waals surface area contributed by atoms with Crippen LogP contribution in [0.3, 0.4) is 0 Å². The predicted molar refractivity (Wildman–Crippen MR) is 105 cm³/mol. The number of hydrogen-bond donors (Lipinski definition) is 0. The lowest BCUT2D eigenvalue weighted by molar-refractivity contribution is -0.131. The van der Waals surface area contributed by atoms with Gasteiger partial charge in [0.1, 0.15) is 0 Å². The molecule has 0 aromatic heterocycles. The lowest BCUT2D eigenvalue weighted by atomic mass is 10.1. The molecular weight excluding hydrogens is 368 g/mol. The second-order valence-electron chi connectivity index (χ2n) is 8.33. The van der Waals surface area contributed by atoms with E-state index < -0.39 is 0 Å². The van der Waals surface area contributed by atoms with Crippen LogP contribution in [0.4, 0.5) is 0 Å². The van der Waals surface area contributed by atoms with Gasteiger partial charge in [-0.2, -0.15) is 0 Å². The maximum Gasteiger partial charge on any atom is 0.254 e. The van der Waals surface area contributed by atoms with Gasteiger partial charge in [0.25, 0.3) is 5.91 Å². The van der Waals surface area contributed by atoms with E-state index in [9.17, 15) is 9.59 Å². The summed E-state index contributed by atoms with van der Waals surface area (Å²) in [4.78, 5) is 30.1. The van der Waals surface area contributed by atoms with Gasteiger partial charge in [0.05, 0.1) is 12.1 Å². The predicted octanol–water partition coefficient (Wildman–Crippen LogP) is 2.40. The number of likely N-dealkylation sites (tertiary alicyclic amines) is 2. The summed E-state index contributed by atoms with van der Waals surface area (Å²) in [5, 5.41) is 0. The lowest BCUT2D eigenvalue weighted by Gasteiger charge is -2.30. The van der Waals surface area contributed by atoms with E-state index in [-0.39, 0.29) is 36.7 Å². The van der Waals surface area contributed by atoms with Gasteiger partial charge in [-0.05, 0) is 48.6 Å². The van der Waals surface area contributed by atoms with Crippen LogP contribution in [0.1, 0.15) is 34.3 Å². The van der Waals surface area contributed by atoms with Gasteiger partial charge < -0.3 is 19.3 Å². The SMILES string of the molecule is O=C(c1ccc2c(c1)OCO2)N1CC[C@H]2[C@@H]1CC(=O)N2C1Cc2ccccc2C1. The standard InChI is InChI=1S/C23H22N2O4/c26-22-12-19-18(25(22)17-9-14-3-1-2-4-15(14)10-17)7-8-24(19)23(27)16-5-6-20-21(11-16)29-13-28-20/h1-6,11,17-19H,7-10,12-13H2/t18-,19-/m0/s1. The number of benzene rings is 2. The topological polar surface area (TPSA) is 59.1 Å². The first-order valence-corrected chi connectivity index (χ1v) is 10.3. The first-order chi connectivity index (χ1) is 14.2. The van der Waals surface area contributed by atoms with E-state index in [2.05, 4.69) is 29.2 Å². The molecule has 2 atom stereocenters. The maximum atomic E-state index is 13.2. The Bertz CT molecular complexity index is 995. The molecule has 2 aromatic rings. The van der Waals surface area contributed by atoms with Crippen LogP contribution in [0.5, 0.6) is 11.5 Å². The molecule has 6 rings (SSSR count). The number of rotatable bonds is 2. The molecule has 6 heteroatoms. The van der Waals surface area contributed by atoms with Gasteiger partial charge in [-0.1, -0.05) is 24.3 Å². The van der Waals surface area contributed by atoms with Crippen molar-refractivity contribution in [2.24, 2.45) is 0 Å². The average Bonchev–Trinajstić information content (AvgIpc) is 3.48. The summed E-state index contributed by atoms with van der Waals surface area (Å²) < 4.78 is 10.8. The Morgan fingerprint density at radius 3 is 2.48 bits per heavy atom. The highest BCUT2D eigenvalue weighted by atomic mass is 16.7. The van der Waals surface area contributed by atoms with Crippen molar-refractivity contribution in [3.05, 3.63) is 59.2 Å². The van der Waals surface area contributed by atoms with Crippen LogP contribution in [0.2, 0.25) is 0 Å². The Labute approximate surface area is 169 Å². The molecule has 2 saturated heterocycles. The zero-order valence-corrected chi connectivity index (χ0v) is 16.0. The van der Waals surface area contributed by atoms with Gasteiger partial charge in [0.15, 0.2) is 11.5 Å². The molecule has 2 aromatic carbocycles. The summed E-state index contributed by atoms with van der Waals surface area (Å²) in [6.07, 6.45) is 3.11. The van der Waals surface area contributed by atoms with Gasteiger partial charge in [0.2, 0.25) is 12.7 Å². The Morgan fingerprint density at radius 1 is 0.931 bits per heavy atom. The van der Waals surface area contributed by atoms with E-state index in [4.69, 9.17) is 9.47 Å². The van der Waals surface area contributed by atoms with Crippen molar-refractivity contribution in [1.29, 1.82) is 0 Å². The van der Waals surface area contributed by atoms with E-state index >= 15 is 0 Å². The van der Waals surface area contributed by atoms with E-state index in [1.807, 2.05) is 4.90 Å². The molecule has 3 aliphatic heterocycles. The third kappa shape index (κ3) is 2.55. The average molecular weight is 390 g/mol. The Hall–Kier alpha value is -3.02. The molecule has 29 heavy (non-hydrogen) atoms. The molecule has 4 aliphatic rings. The third-order valence-electron chi connectivity index (χ3n) is 6.84. The molecule has 0 spiro atoms. The number of nitrogens with zero attached hydrogens (tertiary/aromatic N) is 2. The Morgan fingerprint density at radius 2 is 1.69 bits per heavy atom. The van der Waals surface area contributed by atoms with Crippen molar-refractivity contribution in [3.8, 4) is 11.5 Å². The molecule has 3 heterocycles. The zero-order valence-electron chi connectivity index (χ0n) is 16.0. The minimum absolute atomic E-state index is 0.0276. The van der Waals surface area contributed by atoms with Gasteiger partial charge in [0, 0.05) is 24.6 Å². The van der Waals surface area contributed by atoms with Crippen molar-refractivity contribution >= 4 is 11.8 Å². The summed E-state index contributed by atoms with van der Waals surface area (Å²) in [5.41, 5.74) is 3.29. The van der Waals surface area contributed by atoms with Gasteiger partial charge in [-0.25, -0.2) is 0 Å². The molecule has 0 unspecified atom stereocenters. The van der Waals surface area contributed by atoms with Gasteiger partial charge in [-0.15, -0.1) is 0 Å². The summed E-state index contributed by atoms with van der Waals surface area (Å²) in [7, 11) is 0. The van der Waals surface area contributed by atoms with Gasteiger partial charge in [-0.3, -0.25) is 9.59 Å². The van der Waals surface area contributed by atoms with Crippen molar-refractivity contribution in [3.63, 3.8) is 0 Å². The van der Waals surface area contributed by atoms with Crippen LogP contribution >= 0.6 is 0 Å². The molecule has 0 bridgehead atoms. The minimum atomic E-state index is -0.0378. The van der Waals surface area contributed by atoms with Crippen LogP contribution in [0.15, 0.2) is 42.5 Å². The molecule has 0 saturated carbocycles. The quantitative estimate of drug-likeness (QED) is 0.790. The van der Waals surface area contributed by atoms with Crippen molar-refractivity contribution in [2.75, 3.05) is 13.3 Å². The van der Waals surface area contributed by atoms with E-state index in [1.165, 1.54) is 11.1 Å². The first kappa shape index (κ1) is 16.9. The highest BCUT2D eigenvalue weighted by Gasteiger charge is 2.51. The molecule has 0 radical (unpaired) electrons. The Balaban J connectivity index is 1.22. The smallest absolute Gasteiger partial charge is 0.254 e. The summed E-state index contributed by atoms with van der Waals surface area (Å²) in [6, 6.07) is 14.1. The molecule has 2 amide bonds. The van der Waals surface area contributed by atoms with Crippen LogP contribution in [0.25, 0.3) is 0 Å². The fourth-order valence-corrected chi connectivity index (χ4v) is 5.53. The first-order valence-electron chi connectivity index (χ1n) is 10.3. The normalized spacial score (nSPS) is 24.9. The molecule has 148 valence electrons. The van der Waals surface area contributed by atoms with Crippen LogP contribution in [-0.2, 0) is 17.6 Å². The van der Waals surface area contributed by atoms with Crippen molar-refractivity contribution in [2.45, 2.75) is 43.8 Å². The number of fused-ring (bicyclic) bond motifs is 3. The Kier molecular flexibility index (Phi) is 3.63. The van der Waals surface area contributed by atoms with Crippen LogP contribution in [0, 0.1) is 0 Å². The molecular formula is C23H22N2O4. The monoisotopic (exact) mass is 390 g/mol. The van der Waals surface area contributed by atoms with Crippen molar-refractivity contribution < 1.29 is 19.1 Å². The number of hydrogen-bond acceptors (Lipinski definition) is 4. The van der Waals surface area contributed by atoms with E-state index in [1.54, 1.807) is 18.2 Å². The molecule has 0 N–H and O–H groups in total. The number of ether oxygens (including phenoxy) is 2. The minimum Gasteiger partial charge on any atom is -0.454 e. The zero-order chi connectivity index (χ0) is 19.5. The van der Waals surface area contributed by atoms with Gasteiger partial charge >= 0.3 is 0 Å². The van der Waals surface area contributed by atoms with E-state index in [0.717, 1.165) is 19.3 Å². The number of carbonyl (C=O) groups is 2. The van der Waals surface area contributed by atoms with E-state index in [0.29, 0.717) is 30.0 Å². The highest BCUT2D eigenvalue weighted by Crippen LogP contribution is 2.39. The van der Waals surface area contributed by atoms with Crippen LogP contribution < -0.4 is 9.47 Å².